The topological polar surface area (TPSA) is 96.4 Å². The number of benzene rings is 1. The van der Waals surface area contributed by atoms with Crippen molar-refractivity contribution < 1.29 is 15.0 Å². The number of hydrogen-bond donors (Lipinski definition) is 3. The smallest absolute Gasteiger partial charge is 0.306 e. The molecule has 1 aromatic carbocycles. The molecule has 0 bridgehead atoms. The highest BCUT2D eigenvalue weighted by molar-refractivity contribution is 5.77. The Kier molecular flexibility index (Phi) is 7.49. The van der Waals surface area contributed by atoms with Crippen LogP contribution in [0.5, 0.6) is 0 Å². The number of nitrogens with two attached hydrogens (primary N) is 1. The zero-order valence-electron chi connectivity index (χ0n) is 13.0. The third-order valence-corrected chi connectivity index (χ3v) is 3.13. The molecular formula is C17H24N2O3. The highest BCUT2D eigenvalue weighted by atomic mass is 16.4. The molecule has 2 atom stereocenters. The van der Waals surface area contributed by atoms with E-state index in [4.69, 9.17) is 10.8 Å². The summed E-state index contributed by atoms with van der Waals surface area (Å²) in [4.78, 5) is 14.4. The van der Waals surface area contributed by atoms with E-state index in [9.17, 15) is 9.90 Å². The van der Waals surface area contributed by atoms with Crippen molar-refractivity contribution in [3.05, 3.63) is 42.6 Å². The van der Waals surface area contributed by atoms with Crippen LogP contribution in [0.1, 0.15) is 26.7 Å². The lowest BCUT2D eigenvalue weighted by Gasteiger charge is -2.18. The van der Waals surface area contributed by atoms with Gasteiger partial charge in [-0.25, -0.2) is 0 Å². The van der Waals surface area contributed by atoms with Crippen LogP contribution in [0.2, 0.25) is 0 Å². The predicted molar refractivity (Wildman–Crippen MR) is 87.4 cm³/mol. The van der Waals surface area contributed by atoms with Gasteiger partial charge in [0.2, 0.25) is 0 Å². The molecule has 4 N–H and O–H groups in total. The zero-order chi connectivity index (χ0) is 16.5. The highest BCUT2D eigenvalue weighted by Crippen LogP contribution is 2.08. The van der Waals surface area contributed by atoms with E-state index < -0.39 is 18.1 Å². The molecule has 0 saturated carbocycles. The van der Waals surface area contributed by atoms with E-state index in [0.29, 0.717) is 12.3 Å². The molecule has 0 amide bonds. The molecule has 0 spiro atoms. The lowest BCUT2D eigenvalue weighted by atomic mass is 9.98. The van der Waals surface area contributed by atoms with Gasteiger partial charge in [0.15, 0.2) is 0 Å². The molecule has 0 fully saturated rings. The second-order valence-electron chi connectivity index (χ2n) is 5.65. The lowest BCUT2D eigenvalue weighted by Crippen LogP contribution is -2.37. The summed E-state index contributed by atoms with van der Waals surface area (Å²) in [6.07, 6.45) is 1.26. The maximum absolute atomic E-state index is 10.2. The van der Waals surface area contributed by atoms with Gasteiger partial charge in [0.05, 0.1) is 18.0 Å². The number of aliphatic hydroxyl groups excluding tert-OH is 1. The van der Waals surface area contributed by atoms with Crippen LogP contribution in [-0.4, -0.2) is 33.3 Å². The van der Waals surface area contributed by atoms with Crippen molar-refractivity contribution in [3.63, 3.8) is 0 Å². The first-order valence-electron chi connectivity index (χ1n) is 7.35. The van der Waals surface area contributed by atoms with E-state index >= 15 is 0 Å². The van der Waals surface area contributed by atoms with Crippen LogP contribution in [0, 0.1) is 5.92 Å². The van der Waals surface area contributed by atoms with E-state index in [0.717, 1.165) is 5.52 Å². The number of pyridine rings is 1. The van der Waals surface area contributed by atoms with Crippen LogP contribution in [0.4, 0.5) is 0 Å². The van der Waals surface area contributed by atoms with Crippen molar-refractivity contribution in [1.82, 2.24) is 4.98 Å². The summed E-state index contributed by atoms with van der Waals surface area (Å²) in [5.74, 6) is -0.634. The van der Waals surface area contributed by atoms with Gasteiger partial charge in [-0.1, -0.05) is 38.1 Å². The Labute approximate surface area is 130 Å². The molecular weight excluding hydrogens is 280 g/mol. The average Bonchev–Trinajstić information content (AvgIpc) is 2.46. The summed E-state index contributed by atoms with van der Waals surface area (Å²) in [5, 5.41) is 18.8. The Morgan fingerprint density at radius 3 is 2.45 bits per heavy atom. The molecule has 5 heteroatoms. The van der Waals surface area contributed by atoms with Gasteiger partial charge in [0.25, 0.3) is 0 Å². The number of aromatic nitrogens is 1. The molecule has 1 aromatic heterocycles. The summed E-state index contributed by atoms with van der Waals surface area (Å²) >= 11 is 0. The monoisotopic (exact) mass is 304 g/mol. The molecule has 120 valence electrons. The van der Waals surface area contributed by atoms with Gasteiger partial charge in [-0.2, -0.15) is 0 Å². The minimum absolute atomic E-state index is 0.270. The Morgan fingerprint density at radius 1 is 1.23 bits per heavy atom. The number of rotatable bonds is 5. The fourth-order valence-corrected chi connectivity index (χ4v) is 2.05. The van der Waals surface area contributed by atoms with Gasteiger partial charge in [0, 0.05) is 17.6 Å². The van der Waals surface area contributed by atoms with Crippen molar-refractivity contribution in [2.75, 3.05) is 0 Å². The average molecular weight is 304 g/mol. The largest absolute Gasteiger partial charge is 0.481 e. The first kappa shape index (κ1) is 18.1. The van der Waals surface area contributed by atoms with Crippen LogP contribution in [0.25, 0.3) is 10.9 Å². The Balaban J connectivity index is 0.000000222. The fourth-order valence-electron chi connectivity index (χ4n) is 2.05. The van der Waals surface area contributed by atoms with Gasteiger partial charge in [-0.3, -0.25) is 9.78 Å². The van der Waals surface area contributed by atoms with Crippen molar-refractivity contribution in [2.24, 2.45) is 11.7 Å². The van der Waals surface area contributed by atoms with E-state index in [1.54, 1.807) is 0 Å². The summed E-state index contributed by atoms with van der Waals surface area (Å²) < 4.78 is 0. The molecule has 2 rings (SSSR count). The number of nitrogens with zero attached hydrogens (tertiary/aromatic N) is 1. The fraction of sp³-hybridized carbons (Fsp3) is 0.412. The molecule has 2 aromatic rings. The molecule has 1 heterocycles. The first-order valence-corrected chi connectivity index (χ1v) is 7.35. The van der Waals surface area contributed by atoms with Crippen molar-refractivity contribution in [3.8, 4) is 0 Å². The highest BCUT2D eigenvalue weighted by Gasteiger charge is 2.18. The first-order chi connectivity index (χ1) is 10.4. The number of aliphatic carboxylic acids is 1. The Morgan fingerprint density at radius 2 is 1.86 bits per heavy atom. The number of aliphatic hydroxyl groups is 1. The van der Waals surface area contributed by atoms with Crippen LogP contribution in [-0.2, 0) is 4.79 Å². The standard InChI is InChI=1S/C9H7N.C8H17NO3/c1-2-6-9-8(4-1)5-3-7-10-9;1-5(2)3-6(9)7(10)4-8(11)12/h1-7H;5-7,10H,3-4,9H2,1-2H3,(H,11,12)/t;6-,7-/m.0/s1. The molecule has 0 unspecified atom stereocenters. The molecule has 5 nitrogen and oxygen atoms in total. The summed E-state index contributed by atoms with van der Waals surface area (Å²) in [5.41, 5.74) is 6.61. The number of carboxylic acids is 1. The van der Waals surface area contributed by atoms with Gasteiger partial charge >= 0.3 is 5.97 Å². The second-order valence-corrected chi connectivity index (χ2v) is 5.65. The summed E-state index contributed by atoms with van der Waals surface area (Å²) in [6.45, 7) is 3.96. The summed E-state index contributed by atoms with van der Waals surface area (Å²) in [7, 11) is 0. The quantitative estimate of drug-likeness (QED) is 0.788. The number of carbonyl (C=O) groups is 1. The minimum atomic E-state index is -1.01. The Bertz CT molecular complexity index is 521. The van der Waals surface area contributed by atoms with E-state index in [2.05, 4.69) is 17.1 Å². The van der Waals surface area contributed by atoms with E-state index in [-0.39, 0.29) is 6.42 Å². The molecule has 0 aliphatic heterocycles. The van der Waals surface area contributed by atoms with Gasteiger partial charge in [0.1, 0.15) is 0 Å². The van der Waals surface area contributed by atoms with Crippen molar-refractivity contribution >= 4 is 16.9 Å². The maximum atomic E-state index is 10.2. The molecule has 0 aliphatic carbocycles. The van der Waals surface area contributed by atoms with Gasteiger partial charge in [-0.05, 0) is 24.5 Å². The van der Waals surface area contributed by atoms with E-state index in [1.165, 1.54) is 5.39 Å². The van der Waals surface area contributed by atoms with Gasteiger partial charge < -0.3 is 15.9 Å². The number of hydrogen-bond acceptors (Lipinski definition) is 4. The predicted octanol–water partition coefficient (Wildman–Crippen LogP) is 2.43. The minimum Gasteiger partial charge on any atom is -0.481 e. The summed E-state index contributed by atoms with van der Waals surface area (Å²) in [6, 6.07) is 11.7. The SMILES string of the molecule is CC(C)C[C@H](N)[C@@H](O)CC(=O)O.c1ccc2ncccc2c1. The van der Waals surface area contributed by atoms with E-state index in [1.807, 2.05) is 44.3 Å². The molecule has 0 radical (unpaired) electrons. The second kappa shape index (κ2) is 9.12. The molecule has 0 saturated heterocycles. The normalized spacial score (nSPS) is 13.3. The molecule has 22 heavy (non-hydrogen) atoms. The van der Waals surface area contributed by atoms with Crippen molar-refractivity contribution in [1.29, 1.82) is 0 Å². The molecule has 0 aliphatic rings. The van der Waals surface area contributed by atoms with Gasteiger partial charge in [-0.15, -0.1) is 0 Å². The van der Waals surface area contributed by atoms with Crippen molar-refractivity contribution in [2.45, 2.75) is 38.8 Å². The van der Waals surface area contributed by atoms with Crippen LogP contribution < -0.4 is 5.73 Å². The zero-order valence-corrected chi connectivity index (χ0v) is 13.0. The van der Waals surface area contributed by atoms with Crippen LogP contribution in [0.15, 0.2) is 42.6 Å². The lowest BCUT2D eigenvalue weighted by molar-refractivity contribution is -0.139. The maximum Gasteiger partial charge on any atom is 0.306 e. The third kappa shape index (κ3) is 6.65. The van der Waals surface area contributed by atoms with Crippen LogP contribution >= 0.6 is 0 Å². The number of para-hydroxylation sites is 1. The number of fused-ring (bicyclic) bond motifs is 1. The number of carboxylic acid groups (broad SMARTS) is 1. The Hall–Kier alpha value is -1.98. The third-order valence-electron chi connectivity index (χ3n) is 3.13. The van der Waals surface area contributed by atoms with Crippen LogP contribution in [0.3, 0.4) is 0 Å².